The van der Waals surface area contributed by atoms with E-state index in [-0.39, 0.29) is 0 Å². The number of hydrogen-bond acceptors (Lipinski definition) is 3. The van der Waals surface area contributed by atoms with Crippen LogP contribution in [0.5, 0.6) is 5.75 Å². The van der Waals surface area contributed by atoms with Gasteiger partial charge < -0.3 is 14.8 Å². The molecule has 0 saturated heterocycles. The van der Waals surface area contributed by atoms with Gasteiger partial charge in [0.25, 0.3) is 0 Å². The first-order chi connectivity index (χ1) is 8.84. The van der Waals surface area contributed by atoms with E-state index < -0.39 is 0 Å². The Morgan fingerprint density at radius 2 is 2.17 bits per heavy atom. The van der Waals surface area contributed by atoms with Crippen molar-refractivity contribution >= 4 is 0 Å². The Bertz CT molecular complexity index is 533. The highest BCUT2D eigenvalue weighted by Gasteiger charge is 2.22. The Kier molecular flexibility index (Phi) is 3.07. The second-order valence-corrected chi connectivity index (χ2v) is 4.75. The smallest absolute Gasteiger partial charge is 0.120 e. The van der Waals surface area contributed by atoms with Crippen molar-refractivity contribution in [1.29, 1.82) is 0 Å². The zero-order valence-corrected chi connectivity index (χ0v) is 10.2. The summed E-state index contributed by atoms with van der Waals surface area (Å²) in [7, 11) is 0. The van der Waals surface area contributed by atoms with Crippen LogP contribution in [0, 0.1) is 0 Å². The van der Waals surface area contributed by atoms with E-state index in [1.807, 2.05) is 18.2 Å². The van der Waals surface area contributed by atoms with Crippen LogP contribution in [0.25, 0.3) is 0 Å². The van der Waals surface area contributed by atoms with Gasteiger partial charge in [0.1, 0.15) is 11.5 Å². The number of nitrogens with one attached hydrogen (secondary N) is 1. The summed E-state index contributed by atoms with van der Waals surface area (Å²) in [6.07, 6.45) is 5.08. The molecule has 0 amide bonds. The van der Waals surface area contributed by atoms with Gasteiger partial charge in [0.2, 0.25) is 0 Å². The minimum atomic E-state index is 0.340. The normalized spacial score (nSPS) is 18.6. The molecule has 94 valence electrons. The van der Waals surface area contributed by atoms with Crippen LogP contribution < -0.4 is 5.32 Å². The molecule has 0 spiro atoms. The number of fused-ring (bicyclic) bond motifs is 1. The predicted molar refractivity (Wildman–Crippen MR) is 69.3 cm³/mol. The van der Waals surface area contributed by atoms with E-state index in [1.165, 1.54) is 5.56 Å². The molecule has 0 aliphatic heterocycles. The third kappa shape index (κ3) is 2.14. The summed E-state index contributed by atoms with van der Waals surface area (Å²) in [5, 5.41) is 13.2. The van der Waals surface area contributed by atoms with Crippen LogP contribution in [0.2, 0.25) is 0 Å². The molecule has 1 aromatic carbocycles. The van der Waals surface area contributed by atoms with Gasteiger partial charge in [-0.25, -0.2) is 0 Å². The lowest BCUT2D eigenvalue weighted by Crippen LogP contribution is -2.24. The van der Waals surface area contributed by atoms with Gasteiger partial charge in [0, 0.05) is 30.1 Å². The molecule has 2 aromatic rings. The summed E-state index contributed by atoms with van der Waals surface area (Å²) in [5.41, 5.74) is 2.21. The lowest BCUT2D eigenvalue weighted by molar-refractivity contribution is 0.405. The fourth-order valence-electron chi connectivity index (χ4n) is 2.59. The van der Waals surface area contributed by atoms with Gasteiger partial charge in [-0.15, -0.1) is 0 Å². The zero-order chi connectivity index (χ0) is 12.4. The lowest BCUT2D eigenvalue weighted by atomic mass is 9.93. The minimum Gasteiger partial charge on any atom is -0.508 e. The highest BCUT2D eigenvalue weighted by Crippen LogP contribution is 2.31. The van der Waals surface area contributed by atoms with Gasteiger partial charge in [-0.2, -0.15) is 0 Å². The molecule has 0 bridgehead atoms. The molecule has 3 heteroatoms. The fraction of sp³-hybridized carbons (Fsp3) is 0.333. The molecule has 1 atom stereocenters. The first kappa shape index (κ1) is 11.4. The highest BCUT2D eigenvalue weighted by molar-refractivity contribution is 5.32. The van der Waals surface area contributed by atoms with Crippen LogP contribution in [-0.2, 0) is 13.0 Å². The number of phenolic OH excluding ortho intramolecular Hbond substituents is 1. The Hall–Kier alpha value is -1.74. The van der Waals surface area contributed by atoms with Crippen molar-refractivity contribution in [3.63, 3.8) is 0 Å². The Labute approximate surface area is 106 Å². The van der Waals surface area contributed by atoms with Crippen molar-refractivity contribution < 1.29 is 9.52 Å². The van der Waals surface area contributed by atoms with Crippen LogP contribution in [0.4, 0.5) is 0 Å². The number of benzene rings is 1. The first-order valence-corrected chi connectivity index (χ1v) is 6.41. The number of furan rings is 1. The van der Waals surface area contributed by atoms with Crippen LogP contribution in [0.3, 0.4) is 0 Å². The zero-order valence-electron chi connectivity index (χ0n) is 10.2. The number of para-hydroxylation sites is 1. The van der Waals surface area contributed by atoms with Gasteiger partial charge >= 0.3 is 0 Å². The molecule has 2 N–H and O–H groups in total. The average Bonchev–Trinajstić information content (AvgIpc) is 2.86. The van der Waals surface area contributed by atoms with E-state index in [4.69, 9.17) is 4.42 Å². The predicted octanol–water partition coefficient (Wildman–Crippen LogP) is 3.15. The van der Waals surface area contributed by atoms with Crippen molar-refractivity contribution in [1.82, 2.24) is 5.32 Å². The van der Waals surface area contributed by atoms with Crippen molar-refractivity contribution in [3.05, 3.63) is 53.5 Å². The van der Waals surface area contributed by atoms with Crippen molar-refractivity contribution in [2.45, 2.75) is 31.8 Å². The molecule has 18 heavy (non-hydrogen) atoms. The number of aromatic hydroxyl groups is 1. The maximum Gasteiger partial charge on any atom is 0.120 e. The third-order valence-electron chi connectivity index (χ3n) is 3.58. The van der Waals surface area contributed by atoms with Crippen LogP contribution >= 0.6 is 0 Å². The fourth-order valence-corrected chi connectivity index (χ4v) is 2.59. The quantitative estimate of drug-likeness (QED) is 0.870. The molecular formula is C15H17NO2. The second-order valence-electron chi connectivity index (χ2n) is 4.75. The van der Waals surface area contributed by atoms with E-state index in [0.29, 0.717) is 18.3 Å². The molecular weight excluding hydrogens is 226 g/mol. The monoisotopic (exact) mass is 243 g/mol. The van der Waals surface area contributed by atoms with E-state index in [2.05, 4.69) is 11.4 Å². The summed E-state index contributed by atoms with van der Waals surface area (Å²) in [5.74, 6) is 1.46. The van der Waals surface area contributed by atoms with Crippen molar-refractivity contribution in [2.24, 2.45) is 0 Å². The molecule has 0 radical (unpaired) electrons. The molecule has 0 saturated carbocycles. The number of aryl methyl sites for hydroxylation is 1. The van der Waals surface area contributed by atoms with Crippen LogP contribution in [0.1, 0.15) is 35.8 Å². The van der Waals surface area contributed by atoms with Gasteiger partial charge in [0.05, 0.1) is 6.26 Å². The van der Waals surface area contributed by atoms with Crippen LogP contribution in [0.15, 0.2) is 41.0 Å². The molecule has 1 heterocycles. The molecule has 1 aromatic heterocycles. The second kappa shape index (κ2) is 4.86. The van der Waals surface area contributed by atoms with E-state index in [9.17, 15) is 5.11 Å². The molecule has 1 aliphatic carbocycles. The number of rotatable bonds is 3. The summed E-state index contributed by atoms with van der Waals surface area (Å²) in [6.45, 7) is 0.682. The van der Waals surface area contributed by atoms with Gasteiger partial charge in [-0.3, -0.25) is 0 Å². The summed E-state index contributed by atoms with van der Waals surface area (Å²) in [6, 6.07) is 9.85. The number of phenols is 1. The summed E-state index contributed by atoms with van der Waals surface area (Å²) in [4.78, 5) is 0. The van der Waals surface area contributed by atoms with Gasteiger partial charge in [0.15, 0.2) is 0 Å². The standard InChI is InChI=1S/C15H17NO2/c17-14-6-2-1-4-11(14)10-16-13-5-3-7-15-12(13)8-9-18-15/h1-2,4,6,8-9,13,16-17H,3,5,7,10H2. The maximum atomic E-state index is 9.74. The van der Waals surface area contributed by atoms with Gasteiger partial charge in [-0.1, -0.05) is 18.2 Å². The molecule has 1 unspecified atom stereocenters. The molecule has 3 nitrogen and oxygen atoms in total. The van der Waals surface area contributed by atoms with Crippen LogP contribution in [-0.4, -0.2) is 5.11 Å². The molecule has 3 rings (SSSR count). The molecule has 0 fully saturated rings. The molecule has 1 aliphatic rings. The topological polar surface area (TPSA) is 45.4 Å². The summed E-state index contributed by atoms with van der Waals surface area (Å²) < 4.78 is 5.47. The van der Waals surface area contributed by atoms with Crippen molar-refractivity contribution in [2.75, 3.05) is 0 Å². The first-order valence-electron chi connectivity index (χ1n) is 6.41. The van der Waals surface area contributed by atoms with E-state index in [0.717, 1.165) is 30.6 Å². The Balaban J connectivity index is 1.71. The highest BCUT2D eigenvalue weighted by atomic mass is 16.3. The Morgan fingerprint density at radius 1 is 1.28 bits per heavy atom. The SMILES string of the molecule is Oc1ccccc1CNC1CCCc2occc21. The average molecular weight is 243 g/mol. The maximum absolute atomic E-state index is 9.74. The number of hydrogen-bond donors (Lipinski definition) is 2. The summed E-state index contributed by atoms with van der Waals surface area (Å²) >= 11 is 0. The van der Waals surface area contributed by atoms with E-state index in [1.54, 1.807) is 12.3 Å². The van der Waals surface area contributed by atoms with Gasteiger partial charge in [-0.05, 0) is 25.0 Å². The minimum absolute atomic E-state index is 0.340. The largest absolute Gasteiger partial charge is 0.508 e. The van der Waals surface area contributed by atoms with Crippen molar-refractivity contribution in [3.8, 4) is 5.75 Å². The lowest BCUT2D eigenvalue weighted by Gasteiger charge is -2.23. The van der Waals surface area contributed by atoms with E-state index >= 15 is 0 Å². The Morgan fingerprint density at radius 3 is 3.06 bits per heavy atom. The third-order valence-corrected chi connectivity index (χ3v) is 3.58.